The molecule has 0 aliphatic heterocycles. The normalized spacial score (nSPS) is 10.6. The van der Waals surface area contributed by atoms with Crippen molar-refractivity contribution in [3.05, 3.63) is 33.8 Å². The lowest BCUT2D eigenvalue weighted by Crippen LogP contribution is -2.30. The average molecular weight is 260 g/mol. The Hall–Kier alpha value is -0.730. The molecule has 1 rings (SSSR count). The molecule has 16 heavy (non-hydrogen) atoms. The first-order valence-electron chi connectivity index (χ1n) is 5.12. The SMILES string of the molecule is CC(C)CN(C)C(=O)c1ccc(Cl)c(Cl)c1. The third-order valence-electron chi connectivity index (χ3n) is 2.15. The van der Waals surface area contributed by atoms with E-state index in [0.717, 1.165) is 6.54 Å². The van der Waals surface area contributed by atoms with Gasteiger partial charge >= 0.3 is 0 Å². The van der Waals surface area contributed by atoms with Gasteiger partial charge in [-0.25, -0.2) is 0 Å². The quantitative estimate of drug-likeness (QED) is 0.811. The van der Waals surface area contributed by atoms with E-state index in [1.54, 1.807) is 30.1 Å². The molecular formula is C12H15Cl2NO. The average Bonchev–Trinajstić information content (AvgIpc) is 2.20. The number of hydrogen-bond acceptors (Lipinski definition) is 1. The van der Waals surface area contributed by atoms with Crippen LogP contribution in [0, 0.1) is 5.92 Å². The highest BCUT2D eigenvalue weighted by Gasteiger charge is 2.13. The maximum absolute atomic E-state index is 12.0. The molecule has 0 unspecified atom stereocenters. The lowest BCUT2D eigenvalue weighted by atomic mass is 10.1. The van der Waals surface area contributed by atoms with E-state index in [4.69, 9.17) is 23.2 Å². The molecule has 2 nitrogen and oxygen atoms in total. The van der Waals surface area contributed by atoms with Crippen molar-refractivity contribution >= 4 is 29.1 Å². The molecule has 0 aliphatic rings. The molecule has 88 valence electrons. The van der Waals surface area contributed by atoms with Gasteiger partial charge in [-0.05, 0) is 24.1 Å². The minimum atomic E-state index is -0.0349. The second kappa shape index (κ2) is 5.55. The number of halogens is 2. The van der Waals surface area contributed by atoms with Gasteiger partial charge in [-0.1, -0.05) is 37.0 Å². The largest absolute Gasteiger partial charge is 0.341 e. The summed E-state index contributed by atoms with van der Waals surface area (Å²) in [6, 6.07) is 4.93. The Labute approximate surface area is 106 Å². The predicted molar refractivity (Wildman–Crippen MR) is 68.3 cm³/mol. The predicted octanol–water partition coefficient (Wildman–Crippen LogP) is 3.72. The fourth-order valence-electron chi connectivity index (χ4n) is 1.48. The van der Waals surface area contributed by atoms with Gasteiger partial charge in [0.25, 0.3) is 5.91 Å². The maximum Gasteiger partial charge on any atom is 0.253 e. The van der Waals surface area contributed by atoms with Crippen molar-refractivity contribution in [2.24, 2.45) is 5.92 Å². The molecule has 4 heteroatoms. The standard InChI is InChI=1S/C12H15Cl2NO/c1-8(2)7-15(3)12(16)9-4-5-10(13)11(14)6-9/h4-6,8H,7H2,1-3H3. The summed E-state index contributed by atoms with van der Waals surface area (Å²) in [5.41, 5.74) is 0.567. The first-order valence-corrected chi connectivity index (χ1v) is 5.88. The van der Waals surface area contributed by atoms with Crippen LogP contribution < -0.4 is 0 Å². The van der Waals surface area contributed by atoms with Crippen LogP contribution in [-0.2, 0) is 0 Å². The fraction of sp³-hybridized carbons (Fsp3) is 0.417. The van der Waals surface area contributed by atoms with Gasteiger partial charge in [0, 0.05) is 19.2 Å². The van der Waals surface area contributed by atoms with E-state index in [1.807, 2.05) is 0 Å². The van der Waals surface area contributed by atoms with Gasteiger partial charge in [-0.3, -0.25) is 4.79 Å². The van der Waals surface area contributed by atoms with Crippen molar-refractivity contribution in [3.63, 3.8) is 0 Å². The first kappa shape index (κ1) is 13.3. The van der Waals surface area contributed by atoms with Crippen LogP contribution in [0.2, 0.25) is 10.0 Å². The van der Waals surface area contributed by atoms with Gasteiger partial charge in [0.1, 0.15) is 0 Å². The van der Waals surface area contributed by atoms with Crippen LogP contribution in [0.25, 0.3) is 0 Å². The van der Waals surface area contributed by atoms with Crippen LogP contribution in [0.5, 0.6) is 0 Å². The zero-order valence-corrected chi connectivity index (χ0v) is 11.1. The van der Waals surface area contributed by atoms with E-state index in [2.05, 4.69) is 13.8 Å². The number of nitrogens with zero attached hydrogens (tertiary/aromatic N) is 1. The topological polar surface area (TPSA) is 20.3 Å². The van der Waals surface area contributed by atoms with Crippen molar-refractivity contribution < 1.29 is 4.79 Å². The second-order valence-electron chi connectivity index (χ2n) is 4.21. The molecule has 1 amide bonds. The van der Waals surface area contributed by atoms with Crippen LogP contribution >= 0.6 is 23.2 Å². The minimum Gasteiger partial charge on any atom is -0.341 e. The Kier molecular flexibility index (Phi) is 4.63. The number of rotatable bonds is 3. The number of amides is 1. The van der Waals surface area contributed by atoms with Crippen molar-refractivity contribution in [3.8, 4) is 0 Å². The van der Waals surface area contributed by atoms with E-state index in [0.29, 0.717) is 21.5 Å². The number of benzene rings is 1. The van der Waals surface area contributed by atoms with E-state index in [1.165, 1.54) is 0 Å². The summed E-state index contributed by atoms with van der Waals surface area (Å²) in [7, 11) is 1.78. The second-order valence-corrected chi connectivity index (χ2v) is 5.02. The van der Waals surface area contributed by atoms with E-state index < -0.39 is 0 Å². The molecule has 0 bridgehead atoms. The Balaban J connectivity index is 2.84. The van der Waals surface area contributed by atoms with Crippen molar-refractivity contribution in [1.29, 1.82) is 0 Å². The molecule has 1 aromatic carbocycles. The molecule has 0 spiro atoms. The van der Waals surface area contributed by atoms with Gasteiger partial charge in [-0.15, -0.1) is 0 Å². The van der Waals surface area contributed by atoms with Crippen molar-refractivity contribution in [2.75, 3.05) is 13.6 Å². The molecule has 0 aliphatic carbocycles. The highest BCUT2D eigenvalue weighted by atomic mass is 35.5. The van der Waals surface area contributed by atoms with Gasteiger partial charge in [0.05, 0.1) is 10.0 Å². The summed E-state index contributed by atoms with van der Waals surface area (Å²) in [6.07, 6.45) is 0. The third-order valence-corrected chi connectivity index (χ3v) is 2.89. The van der Waals surface area contributed by atoms with Gasteiger partial charge in [0.15, 0.2) is 0 Å². The molecular weight excluding hydrogens is 245 g/mol. The van der Waals surface area contributed by atoms with Crippen LogP contribution in [0.4, 0.5) is 0 Å². The lowest BCUT2D eigenvalue weighted by Gasteiger charge is -2.19. The van der Waals surface area contributed by atoms with Crippen LogP contribution in [0.15, 0.2) is 18.2 Å². The Bertz CT molecular complexity index is 391. The summed E-state index contributed by atoms with van der Waals surface area (Å²) in [5.74, 6) is 0.406. The molecule has 0 aromatic heterocycles. The Morgan fingerprint density at radius 3 is 2.44 bits per heavy atom. The van der Waals surface area contributed by atoms with Crippen LogP contribution in [-0.4, -0.2) is 24.4 Å². The Morgan fingerprint density at radius 2 is 1.94 bits per heavy atom. The molecule has 0 saturated carbocycles. The van der Waals surface area contributed by atoms with Gasteiger partial charge < -0.3 is 4.90 Å². The highest BCUT2D eigenvalue weighted by molar-refractivity contribution is 6.42. The van der Waals surface area contributed by atoms with Crippen LogP contribution in [0.1, 0.15) is 24.2 Å². The number of carbonyl (C=O) groups is 1. The zero-order valence-electron chi connectivity index (χ0n) is 9.63. The summed E-state index contributed by atoms with van der Waals surface area (Å²) >= 11 is 11.7. The van der Waals surface area contributed by atoms with E-state index in [-0.39, 0.29) is 5.91 Å². The van der Waals surface area contributed by atoms with E-state index in [9.17, 15) is 4.79 Å². The molecule has 0 N–H and O–H groups in total. The minimum absolute atomic E-state index is 0.0349. The molecule has 0 heterocycles. The monoisotopic (exact) mass is 259 g/mol. The fourth-order valence-corrected chi connectivity index (χ4v) is 1.78. The summed E-state index contributed by atoms with van der Waals surface area (Å²) in [5, 5.41) is 0.871. The molecule has 0 saturated heterocycles. The van der Waals surface area contributed by atoms with Gasteiger partial charge in [0.2, 0.25) is 0 Å². The van der Waals surface area contributed by atoms with Crippen molar-refractivity contribution in [2.45, 2.75) is 13.8 Å². The first-order chi connectivity index (χ1) is 7.41. The molecule has 0 atom stereocenters. The molecule has 0 radical (unpaired) electrons. The van der Waals surface area contributed by atoms with Crippen molar-refractivity contribution in [1.82, 2.24) is 4.90 Å². The third kappa shape index (κ3) is 3.39. The summed E-state index contributed by atoms with van der Waals surface area (Å²) in [6.45, 7) is 4.86. The van der Waals surface area contributed by atoms with E-state index >= 15 is 0 Å². The summed E-state index contributed by atoms with van der Waals surface area (Å²) < 4.78 is 0. The Morgan fingerprint density at radius 1 is 1.31 bits per heavy atom. The maximum atomic E-state index is 12.0. The smallest absolute Gasteiger partial charge is 0.253 e. The molecule has 0 fully saturated rings. The zero-order chi connectivity index (χ0) is 12.3. The molecule has 1 aromatic rings. The number of carbonyl (C=O) groups excluding carboxylic acids is 1. The van der Waals surface area contributed by atoms with Gasteiger partial charge in [-0.2, -0.15) is 0 Å². The number of hydrogen-bond donors (Lipinski definition) is 0. The summed E-state index contributed by atoms with van der Waals surface area (Å²) in [4.78, 5) is 13.7. The highest BCUT2D eigenvalue weighted by Crippen LogP contribution is 2.23. The lowest BCUT2D eigenvalue weighted by molar-refractivity contribution is 0.0779. The van der Waals surface area contributed by atoms with Crippen LogP contribution in [0.3, 0.4) is 0 Å².